The smallest absolute Gasteiger partial charge is 0.418 e. The number of methoxy groups -OCH3 is 1. The molecule has 0 amide bonds. The lowest BCUT2D eigenvalue weighted by molar-refractivity contribution is -0.324. The number of ether oxygens (including phenoxy) is 1. The van der Waals surface area contributed by atoms with Crippen LogP contribution in [-0.4, -0.2) is 37.1 Å². The van der Waals surface area contributed by atoms with Gasteiger partial charge in [0, 0.05) is 28.3 Å². The molecular weight excluding hydrogens is 529 g/mol. The van der Waals surface area contributed by atoms with E-state index in [1.165, 1.54) is 13.8 Å². The Balaban J connectivity index is 3.20. The number of carboxylic acid groups (broad SMARTS) is 1. The second-order valence-electron chi connectivity index (χ2n) is 7.49. The molecule has 1 aromatic carbocycles. The van der Waals surface area contributed by atoms with Gasteiger partial charge in [0.1, 0.15) is 12.5 Å². The first-order valence-corrected chi connectivity index (χ1v) is 10.8. The Hall–Kier alpha value is -1.88. The fourth-order valence-electron chi connectivity index (χ4n) is 4.40. The molecule has 0 bridgehead atoms. The number of hydrogen-bond donors (Lipinski definition) is 1. The van der Waals surface area contributed by atoms with Crippen LogP contribution in [0, 0.1) is 17.2 Å². The van der Waals surface area contributed by atoms with Crippen molar-refractivity contribution < 1.29 is 41.4 Å². The Morgan fingerprint density at radius 1 is 1.34 bits per heavy atom. The quantitative estimate of drug-likeness (QED) is 0.334. The van der Waals surface area contributed by atoms with Crippen LogP contribution in [-0.2, 0) is 20.5 Å². The van der Waals surface area contributed by atoms with E-state index in [4.69, 9.17) is 11.6 Å². The Labute approximate surface area is 194 Å². The number of carboxylic acids is 1. The largest absolute Gasteiger partial charge is 0.549 e. The molecule has 0 fully saturated rings. The molecule has 0 radical (unpaired) electrons. The summed E-state index contributed by atoms with van der Waals surface area (Å²) >= 11 is 8.87. The predicted molar refractivity (Wildman–Crippen MR) is 107 cm³/mol. The molecule has 1 aromatic rings. The lowest BCUT2D eigenvalue weighted by atomic mass is 9.56. The minimum Gasteiger partial charge on any atom is -0.549 e. The number of allylic oxidation sites excluding steroid dienone is 1. The van der Waals surface area contributed by atoms with Crippen molar-refractivity contribution in [1.29, 1.82) is 0 Å². The first-order chi connectivity index (χ1) is 14.8. The first-order valence-electron chi connectivity index (χ1n) is 9.26. The van der Waals surface area contributed by atoms with E-state index in [2.05, 4.69) is 26.0 Å². The molecule has 1 aliphatic rings. The maximum atomic E-state index is 15.1. The van der Waals surface area contributed by atoms with E-state index in [1.807, 2.05) is 0 Å². The van der Waals surface area contributed by atoms with E-state index < -0.39 is 81.3 Å². The molecule has 0 saturated heterocycles. The molecule has 0 spiro atoms. The highest BCUT2D eigenvalue weighted by molar-refractivity contribution is 9.09. The van der Waals surface area contributed by atoms with Gasteiger partial charge in [-0.05, 0) is 18.1 Å². The normalized spacial score (nSPS) is 23.8. The van der Waals surface area contributed by atoms with Crippen LogP contribution >= 0.6 is 27.5 Å². The van der Waals surface area contributed by atoms with Gasteiger partial charge in [0.25, 0.3) is 0 Å². The van der Waals surface area contributed by atoms with Crippen LogP contribution in [0.5, 0.6) is 0 Å². The average molecular weight is 548 g/mol. The predicted octanol–water partition coefficient (Wildman–Crippen LogP) is 3.74. The van der Waals surface area contributed by atoms with Gasteiger partial charge in [-0.15, -0.1) is 0 Å². The van der Waals surface area contributed by atoms with Gasteiger partial charge in [0.05, 0.1) is 34.9 Å². The number of rotatable bonds is 6. The summed E-state index contributed by atoms with van der Waals surface area (Å²) in [6.07, 6.45) is -5.23. The van der Waals surface area contributed by atoms with Crippen molar-refractivity contribution in [3.8, 4) is 0 Å². The first kappa shape index (κ1) is 26.4. The highest BCUT2D eigenvalue weighted by Crippen LogP contribution is 2.56. The number of carbonyl (C=O) groups excluding carboxylic acids is 2. The Morgan fingerprint density at radius 3 is 2.34 bits per heavy atom. The summed E-state index contributed by atoms with van der Waals surface area (Å²) in [6, 6.07) is 0.0127. The molecule has 1 N–H and O–H groups in total. The molecular formula is C20H19BrClF5NO4-. The maximum Gasteiger partial charge on any atom is 0.418 e. The molecule has 0 saturated carbocycles. The molecule has 0 aliphatic carbocycles. The van der Waals surface area contributed by atoms with E-state index in [9.17, 15) is 32.3 Å². The van der Waals surface area contributed by atoms with E-state index >= 15 is 4.39 Å². The zero-order valence-corrected chi connectivity index (χ0v) is 19.4. The van der Waals surface area contributed by atoms with Crippen LogP contribution in [0.1, 0.15) is 30.9 Å². The number of carbonyl (C=O) groups is 2. The monoisotopic (exact) mass is 546 g/mol. The Morgan fingerprint density at radius 2 is 1.94 bits per heavy atom. The maximum absolute atomic E-state index is 15.1. The van der Waals surface area contributed by atoms with E-state index in [1.54, 1.807) is 0 Å². The lowest BCUT2D eigenvalue weighted by Crippen LogP contribution is -2.65. The molecule has 3 unspecified atom stereocenters. The summed E-state index contributed by atoms with van der Waals surface area (Å²) in [7, 11) is 0.883. The zero-order chi connectivity index (χ0) is 24.6. The van der Waals surface area contributed by atoms with Gasteiger partial charge < -0.3 is 20.0 Å². The van der Waals surface area contributed by atoms with Gasteiger partial charge in [0.2, 0.25) is 0 Å². The third kappa shape index (κ3) is 4.09. The van der Waals surface area contributed by atoms with Crippen LogP contribution in [0.15, 0.2) is 23.4 Å². The second-order valence-corrected chi connectivity index (χ2v) is 8.55. The number of aliphatic carboxylic acids is 1. The summed E-state index contributed by atoms with van der Waals surface area (Å²) in [5, 5.41) is 14.1. The summed E-state index contributed by atoms with van der Waals surface area (Å²) in [4.78, 5) is 25.3. The standard InChI is InChI=1S/C20H20BrClF5NO4/c1-8(2)19(18(30)31)12(6-21)28-11(7-23)14(17(29)32-3)16(19)13-10(24)5-4-9(22)15(13)20(25,26)27/h4-5,8,12,16,28H,6-7H2,1-3H3,(H,30,31)/p-1. The van der Waals surface area contributed by atoms with E-state index in [0.29, 0.717) is 12.1 Å². The molecule has 5 nitrogen and oxygen atoms in total. The van der Waals surface area contributed by atoms with Gasteiger partial charge in [0.15, 0.2) is 0 Å². The van der Waals surface area contributed by atoms with E-state index in [-0.39, 0.29) is 5.33 Å². The van der Waals surface area contributed by atoms with Crippen molar-refractivity contribution in [3.63, 3.8) is 0 Å². The minimum atomic E-state index is -5.23. The van der Waals surface area contributed by atoms with Gasteiger partial charge in [-0.1, -0.05) is 41.4 Å². The number of hydrogen-bond acceptors (Lipinski definition) is 5. The third-order valence-electron chi connectivity index (χ3n) is 5.73. The average Bonchev–Trinajstić information content (AvgIpc) is 2.71. The van der Waals surface area contributed by atoms with Gasteiger partial charge in [-0.2, -0.15) is 13.2 Å². The zero-order valence-electron chi connectivity index (χ0n) is 17.1. The lowest BCUT2D eigenvalue weighted by Gasteiger charge is -2.54. The summed E-state index contributed by atoms with van der Waals surface area (Å²) < 4.78 is 75.8. The molecule has 3 atom stereocenters. The Bertz CT molecular complexity index is 953. The molecule has 1 heterocycles. The minimum absolute atomic E-state index is 0.197. The highest BCUT2D eigenvalue weighted by atomic mass is 79.9. The third-order valence-corrected chi connectivity index (χ3v) is 6.69. The van der Waals surface area contributed by atoms with Crippen molar-refractivity contribution in [3.05, 3.63) is 45.4 Å². The van der Waals surface area contributed by atoms with E-state index in [0.717, 1.165) is 7.11 Å². The molecule has 12 heteroatoms. The molecule has 1 aliphatic heterocycles. The molecule has 32 heavy (non-hydrogen) atoms. The number of nitrogens with one attached hydrogen (secondary N) is 1. The topological polar surface area (TPSA) is 78.5 Å². The van der Waals surface area contributed by atoms with Crippen molar-refractivity contribution in [2.75, 3.05) is 19.1 Å². The summed E-state index contributed by atoms with van der Waals surface area (Å²) in [5.41, 5.74) is -6.49. The Kier molecular flexibility index (Phi) is 7.87. The van der Waals surface area contributed by atoms with Gasteiger partial charge >= 0.3 is 12.1 Å². The molecule has 2 rings (SSSR count). The van der Waals surface area contributed by atoms with Gasteiger partial charge in [-0.3, -0.25) is 0 Å². The van der Waals surface area contributed by atoms with Crippen LogP contribution in [0.3, 0.4) is 0 Å². The number of esters is 1. The SMILES string of the molecule is COC(=O)C1=C(CF)NC(CBr)C(C(=O)[O-])(C(C)C)C1c1c(F)ccc(Cl)c1C(F)(F)F. The van der Waals surface area contributed by atoms with Crippen LogP contribution < -0.4 is 10.4 Å². The van der Waals surface area contributed by atoms with Crippen molar-refractivity contribution in [1.82, 2.24) is 5.32 Å². The number of alkyl halides is 5. The summed E-state index contributed by atoms with van der Waals surface area (Å²) in [5.74, 6) is -7.80. The van der Waals surface area contributed by atoms with Crippen LogP contribution in [0.2, 0.25) is 5.02 Å². The fourth-order valence-corrected chi connectivity index (χ4v) is 5.37. The summed E-state index contributed by atoms with van der Waals surface area (Å²) in [6.45, 7) is 1.35. The number of halogens is 7. The fraction of sp³-hybridized carbons (Fsp3) is 0.500. The van der Waals surface area contributed by atoms with Crippen LogP contribution in [0.4, 0.5) is 22.0 Å². The van der Waals surface area contributed by atoms with Crippen molar-refractivity contribution >= 4 is 39.5 Å². The van der Waals surface area contributed by atoms with Crippen LogP contribution in [0.25, 0.3) is 0 Å². The van der Waals surface area contributed by atoms with Crippen molar-refractivity contribution in [2.24, 2.45) is 11.3 Å². The molecule has 0 aromatic heterocycles. The van der Waals surface area contributed by atoms with Gasteiger partial charge in [-0.25, -0.2) is 13.6 Å². The highest BCUT2D eigenvalue weighted by Gasteiger charge is 2.58. The van der Waals surface area contributed by atoms with Crippen molar-refractivity contribution in [2.45, 2.75) is 32.0 Å². The number of benzene rings is 1. The second kappa shape index (κ2) is 9.54. The molecule has 178 valence electrons.